The minimum atomic E-state index is -1.08. The van der Waals surface area contributed by atoms with Crippen molar-refractivity contribution in [1.82, 2.24) is 14.7 Å². The summed E-state index contributed by atoms with van der Waals surface area (Å²) in [5, 5.41) is 15.9. The van der Waals surface area contributed by atoms with Crippen LogP contribution in [0.5, 0.6) is 0 Å². The number of aromatic nitrogens is 2. The molecule has 0 bridgehead atoms. The Morgan fingerprint density at radius 1 is 1.27 bits per heavy atom. The highest BCUT2D eigenvalue weighted by atomic mass is 79.9. The van der Waals surface area contributed by atoms with Gasteiger partial charge in [-0.05, 0) is 59.6 Å². The summed E-state index contributed by atoms with van der Waals surface area (Å²) in [5.41, 5.74) is 1.79. The number of carboxylic acids is 1. The lowest BCUT2D eigenvalue weighted by Gasteiger charge is -2.32. The van der Waals surface area contributed by atoms with Crippen molar-refractivity contribution in [1.29, 1.82) is 0 Å². The zero-order chi connectivity index (χ0) is 21.7. The van der Waals surface area contributed by atoms with Gasteiger partial charge in [0.1, 0.15) is 0 Å². The van der Waals surface area contributed by atoms with Crippen molar-refractivity contribution in [3.8, 4) is 0 Å². The Morgan fingerprint density at radius 2 is 2.00 bits per heavy atom. The van der Waals surface area contributed by atoms with E-state index >= 15 is 0 Å². The first-order valence-corrected chi connectivity index (χ1v) is 11.7. The molecule has 2 aromatic rings. The molecule has 0 atom stereocenters. The Kier molecular flexibility index (Phi) is 8.07. The van der Waals surface area contributed by atoms with E-state index in [0.717, 1.165) is 26.7 Å². The van der Waals surface area contributed by atoms with Crippen molar-refractivity contribution in [3.05, 3.63) is 44.6 Å². The van der Waals surface area contributed by atoms with Gasteiger partial charge in [-0.1, -0.05) is 35.2 Å². The monoisotopic (exact) mass is 540 g/mol. The molecule has 0 saturated heterocycles. The molecule has 162 valence electrons. The topological polar surface area (TPSA) is 87.5 Å². The van der Waals surface area contributed by atoms with E-state index in [1.807, 2.05) is 12.1 Å². The molecule has 2 N–H and O–H groups in total. The molecule has 0 unspecified atom stereocenters. The fourth-order valence-electron chi connectivity index (χ4n) is 3.83. The van der Waals surface area contributed by atoms with Crippen LogP contribution in [0.4, 0.5) is 5.69 Å². The molecular formula is C21H26Br2N4O3. The first kappa shape index (κ1) is 23.0. The van der Waals surface area contributed by atoms with Crippen LogP contribution >= 0.6 is 31.9 Å². The third-order valence-corrected chi connectivity index (χ3v) is 6.53. The quantitative estimate of drug-likeness (QED) is 0.496. The summed E-state index contributed by atoms with van der Waals surface area (Å²) in [4.78, 5) is 25.9. The minimum absolute atomic E-state index is 0.0286. The van der Waals surface area contributed by atoms with E-state index in [0.29, 0.717) is 12.6 Å². The number of hydrogen-bond acceptors (Lipinski definition) is 4. The molecule has 1 saturated carbocycles. The smallest absolute Gasteiger partial charge is 0.356 e. The number of benzene rings is 1. The molecule has 0 aliphatic heterocycles. The van der Waals surface area contributed by atoms with Gasteiger partial charge in [0.2, 0.25) is 5.91 Å². The van der Waals surface area contributed by atoms with Crippen LogP contribution < -0.4 is 5.32 Å². The summed E-state index contributed by atoms with van der Waals surface area (Å²) in [6, 6.07) is 5.96. The highest BCUT2D eigenvalue weighted by Gasteiger charge is 2.20. The fraction of sp³-hybridized carbons (Fsp3) is 0.476. The van der Waals surface area contributed by atoms with Crippen LogP contribution in [0.25, 0.3) is 0 Å². The number of rotatable bonds is 8. The van der Waals surface area contributed by atoms with E-state index in [9.17, 15) is 9.59 Å². The normalized spacial score (nSPS) is 14.8. The van der Waals surface area contributed by atoms with Crippen molar-refractivity contribution in [2.45, 2.75) is 57.7 Å². The molecule has 9 heteroatoms. The lowest BCUT2D eigenvalue weighted by atomic mass is 9.94. The van der Waals surface area contributed by atoms with Gasteiger partial charge in [-0.2, -0.15) is 5.10 Å². The molecule has 0 radical (unpaired) electrons. The Morgan fingerprint density at radius 3 is 2.67 bits per heavy atom. The van der Waals surface area contributed by atoms with E-state index in [-0.39, 0.29) is 18.0 Å². The van der Waals surface area contributed by atoms with Crippen molar-refractivity contribution in [2.75, 3.05) is 12.4 Å². The Balaban J connectivity index is 1.66. The van der Waals surface area contributed by atoms with Gasteiger partial charge >= 0.3 is 5.97 Å². The molecular weight excluding hydrogens is 516 g/mol. The third kappa shape index (κ3) is 6.15. The third-order valence-electron chi connectivity index (χ3n) is 5.45. The predicted octanol–water partition coefficient (Wildman–Crippen LogP) is 4.90. The molecule has 7 nitrogen and oxygen atoms in total. The zero-order valence-electron chi connectivity index (χ0n) is 16.9. The van der Waals surface area contributed by atoms with Gasteiger partial charge in [0.15, 0.2) is 5.69 Å². The molecule has 0 spiro atoms. The second kappa shape index (κ2) is 10.5. The van der Waals surface area contributed by atoms with Crippen molar-refractivity contribution in [2.24, 2.45) is 0 Å². The number of carbonyl (C=O) groups excluding carboxylic acids is 1. The number of aromatic carboxylic acids is 1. The van der Waals surface area contributed by atoms with Crippen molar-refractivity contribution < 1.29 is 14.7 Å². The second-order valence-corrected chi connectivity index (χ2v) is 9.47. The number of carbonyl (C=O) groups is 2. The maximum absolute atomic E-state index is 12.6. The summed E-state index contributed by atoms with van der Waals surface area (Å²) < 4.78 is 3.25. The molecule has 3 rings (SSSR count). The van der Waals surface area contributed by atoms with Crippen LogP contribution in [-0.2, 0) is 17.9 Å². The fourth-order valence-corrected chi connectivity index (χ4v) is 5.24. The molecule has 1 aromatic carbocycles. The number of nitrogens with one attached hydrogen (secondary N) is 1. The highest BCUT2D eigenvalue weighted by molar-refractivity contribution is 9.11. The molecule has 1 amide bonds. The van der Waals surface area contributed by atoms with Crippen LogP contribution in [0, 0.1) is 0 Å². The van der Waals surface area contributed by atoms with Gasteiger partial charge < -0.3 is 10.4 Å². The zero-order valence-corrected chi connectivity index (χ0v) is 20.1. The van der Waals surface area contributed by atoms with Gasteiger partial charge in [-0.25, -0.2) is 4.79 Å². The summed E-state index contributed by atoms with van der Waals surface area (Å²) in [5.74, 6) is -1.23. The van der Waals surface area contributed by atoms with Gasteiger partial charge in [-0.15, -0.1) is 0 Å². The van der Waals surface area contributed by atoms with E-state index in [1.54, 1.807) is 6.20 Å². The number of amides is 1. The average Bonchev–Trinajstić information content (AvgIpc) is 3.19. The van der Waals surface area contributed by atoms with E-state index < -0.39 is 5.97 Å². The van der Waals surface area contributed by atoms with Crippen molar-refractivity contribution in [3.63, 3.8) is 0 Å². The summed E-state index contributed by atoms with van der Waals surface area (Å²) >= 11 is 7.14. The second-order valence-electron chi connectivity index (χ2n) is 7.70. The van der Waals surface area contributed by atoms with Crippen LogP contribution in [-0.4, -0.2) is 44.8 Å². The maximum Gasteiger partial charge on any atom is 0.356 e. The number of hydrogen-bond donors (Lipinski definition) is 2. The molecule has 1 aliphatic rings. The first-order valence-electron chi connectivity index (χ1n) is 10.1. The van der Waals surface area contributed by atoms with Crippen LogP contribution in [0.3, 0.4) is 0 Å². The van der Waals surface area contributed by atoms with Gasteiger partial charge in [0, 0.05) is 40.7 Å². The lowest BCUT2D eigenvalue weighted by Crippen LogP contribution is -2.33. The number of halogens is 2. The number of anilines is 1. The molecule has 30 heavy (non-hydrogen) atoms. The van der Waals surface area contributed by atoms with E-state index in [2.05, 4.69) is 54.2 Å². The van der Waals surface area contributed by atoms with Crippen molar-refractivity contribution >= 4 is 49.4 Å². The maximum atomic E-state index is 12.6. The molecule has 1 aliphatic carbocycles. The van der Waals surface area contributed by atoms with Crippen LogP contribution in [0.1, 0.15) is 54.6 Å². The Hall–Kier alpha value is -1.71. The molecule has 1 fully saturated rings. The van der Waals surface area contributed by atoms with Crippen LogP contribution in [0.2, 0.25) is 0 Å². The summed E-state index contributed by atoms with van der Waals surface area (Å²) in [6.07, 6.45) is 8.07. The Bertz CT molecular complexity index is 910. The first-order chi connectivity index (χ1) is 14.3. The average molecular weight is 542 g/mol. The van der Waals surface area contributed by atoms with E-state index in [1.165, 1.54) is 42.9 Å². The Labute approximate surface area is 193 Å². The predicted molar refractivity (Wildman–Crippen MR) is 123 cm³/mol. The van der Waals surface area contributed by atoms with Gasteiger partial charge in [-0.3, -0.25) is 14.4 Å². The standard InChI is InChI=1S/C21H26Br2N4O3/c1-26(16-5-3-2-4-6-16)13-14-11-15(22)12-17(23)20(14)24-19(28)8-10-27-9-7-18(25-27)21(29)30/h7,9,11-12,16H,2-6,8,10,13H2,1H3,(H,24,28)(H,29,30). The van der Waals surface area contributed by atoms with Gasteiger partial charge in [0.25, 0.3) is 0 Å². The SMILES string of the molecule is CN(Cc1cc(Br)cc(Br)c1NC(=O)CCn1ccc(C(=O)O)n1)C1CCCCC1. The number of aryl methyl sites for hydroxylation is 1. The van der Waals surface area contributed by atoms with Gasteiger partial charge in [0.05, 0.1) is 5.69 Å². The largest absolute Gasteiger partial charge is 0.476 e. The summed E-state index contributed by atoms with van der Waals surface area (Å²) in [6.45, 7) is 1.06. The number of carboxylic acid groups (broad SMARTS) is 1. The number of nitrogens with zero attached hydrogens (tertiary/aromatic N) is 3. The lowest BCUT2D eigenvalue weighted by molar-refractivity contribution is -0.116. The highest BCUT2D eigenvalue weighted by Crippen LogP contribution is 2.33. The summed E-state index contributed by atoms with van der Waals surface area (Å²) in [7, 11) is 2.15. The molecule has 1 aromatic heterocycles. The van der Waals surface area contributed by atoms with E-state index in [4.69, 9.17) is 5.11 Å². The minimum Gasteiger partial charge on any atom is -0.476 e. The molecule has 1 heterocycles. The van der Waals surface area contributed by atoms with Crippen LogP contribution in [0.15, 0.2) is 33.3 Å².